The largest absolute Gasteiger partial charge is 0.363 e. The van der Waals surface area contributed by atoms with Crippen LogP contribution in [0, 0.1) is 17.1 Å². The summed E-state index contributed by atoms with van der Waals surface area (Å²) in [6, 6.07) is 2.59. The molecule has 0 aliphatic heterocycles. The second-order valence-electron chi connectivity index (χ2n) is 3.79. The molecule has 0 saturated carbocycles. The summed E-state index contributed by atoms with van der Waals surface area (Å²) in [4.78, 5) is 3.81. The van der Waals surface area contributed by atoms with Crippen LogP contribution in [0.25, 0.3) is 0 Å². The van der Waals surface area contributed by atoms with Crippen molar-refractivity contribution in [2.24, 2.45) is 5.73 Å². The number of aromatic nitrogens is 1. The van der Waals surface area contributed by atoms with Crippen LogP contribution >= 0.6 is 11.6 Å². The average molecular weight is 257 g/mol. The van der Waals surface area contributed by atoms with Crippen LogP contribution in [0.5, 0.6) is 0 Å². The minimum Gasteiger partial charge on any atom is -0.363 e. The van der Waals surface area contributed by atoms with Gasteiger partial charge in [-0.15, -0.1) is 0 Å². The molecule has 0 aromatic carbocycles. The molecule has 2 atom stereocenters. The van der Waals surface area contributed by atoms with Crippen LogP contribution in [0.2, 0.25) is 5.15 Å². The normalized spacial score (nSPS) is 13.9. The molecule has 0 spiro atoms. The van der Waals surface area contributed by atoms with E-state index in [1.165, 1.54) is 0 Å². The quantitative estimate of drug-likeness (QED) is 0.811. The summed E-state index contributed by atoms with van der Waals surface area (Å²) in [6.07, 6.45) is 0.733. The molecule has 3 N–H and O–H groups in total. The van der Waals surface area contributed by atoms with Gasteiger partial charge in [0.05, 0.1) is 5.56 Å². The highest BCUT2D eigenvalue weighted by atomic mass is 35.5. The molecule has 6 heteroatoms. The van der Waals surface area contributed by atoms with Gasteiger partial charge in [-0.05, 0) is 19.4 Å². The predicted molar refractivity (Wildman–Crippen MR) is 65.3 cm³/mol. The number of hydrogen-bond donors (Lipinski definition) is 2. The molecule has 1 rings (SSSR count). The van der Waals surface area contributed by atoms with Crippen molar-refractivity contribution in [1.82, 2.24) is 4.98 Å². The number of rotatable bonds is 4. The molecule has 1 heterocycles. The number of hydrogen-bond acceptors (Lipinski definition) is 4. The molecule has 17 heavy (non-hydrogen) atoms. The Balaban J connectivity index is 3.00. The van der Waals surface area contributed by atoms with Gasteiger partial charge >= 0.3 is 0 Å². The SMILES string of the molecule is CC[C@@H](Nc1nc(Cl)c(C#N)cc1F)[C@H](C)N. The molecule has 4 nitrogen and oxygen atoms in total. The highest BCUT2D eigenvalue weighted by Gasteiger charge is 2.16. The van der Waals surface area contributed by atoms with Gasteiger partial charge in [0.1, 0.15) is 11.2 Å². The first-order valence-corrected chi connectivity index (χ1v) is 5.65. The standard InChI is InChI=1S/C11H14ClFN4/c1-3-9(6(2)15)16-11-8(13)4-7(5-14)10(12)17-11/h4,6,9H,3,15H2,1-2H3,(H,16,17)/t6-,9+/m0/s1. The smallest absolute Gasteiger partial charge is 0.166 e. The second-order valence-corrected chi connectivity index (χ2v) is 4.15. The Morgan fingerprint density at radius 1 is 1.71 bits per heavy atom. The van der Waals surface area contributed by atoms with E-state index in [1.54, 1.807) is 6.07 Å². The summed E-state index contributed by atoms with van der Waals surface area (Å²) >= 11 is 5.74. The van der Waals surface area contributed by atoms with Gasteiger partial charge in [-0.25, -0.2) is 9.37 Å². The molecular formula is C11H14ClFN4. The van der Waals surface area contributed by atoms with Crippen molar-refractivity contribution < 1.29 is 4.39 Å². The third-order valence-electron chi connectivity index (χ3n) is 2.45. The number of nitrogens with one attached hydrogen (secondary N) is 1. The fourth-order valence-electron chi connectivity index (χ4n) is 1.43. The first-order chi connectivity index (χ1) is 7.99. The molecule has 0 fully saturated rings. The number of nitriles is 1. The van der Waals surface area contributed by atoms with Crippen LogP contribution in [0.1, 0.15) is 25.8 Å². The fourth-order valence-corrected chi connectivity index (χ4v) is 1.61. The Kier molecular flexibility index (Phi) is 4.67. The zero-order valence-electron chi connectivity index (χ0n) is 9.67. The molecule has 0 aliphatic rings. The molecule has 1 aromatic rings. The lowest BCUT2D eigenvalue weighted by Crippen LogP contribution is -2.37. The van der Waals surface area contributed by atoms with E-state index in [2.05, 4.69) is 10.3 Å². The Morgan fingerprint density at radius 3 is 2.82 bits per heavy atom. The monoisotopic (exact) mass is 256 g/mol. The molecule has 0 saturated heterocycles. The van der Waals surface area contributed by atoms with Crippen molar-refractivity contribution >= 4 is 17.4 Å². The van der Waals surface area contributed by atoms with Crippen molar-refractivity contribution in [3.8, 4) is 6.07 Å². The maximum Gasteiger partial charge on any atom is 0.166 e. The van der Waals surface area contributed by atoms with Gasteiger partial charge in [-0.2, -0.15) is 5.26 Å². The maximum atomic E-state index is 13.6. The highest BCUT2D eigenvalue weighted by Crippen LogP contribution is 2.20. The van der Waals surface area contributed by atoms with Gasteiger partial charge in [0.15, 0.2) is 11.6 Å². The lowest BCUT2D eigenvalue weighted by Gasteiger charge is -2.21. The first-order valence-electron chi connectivity index (χ1n) is 5.27. The van der Waals surface area contributed by atoms with Gasteiger partial charge in [0.2, 0.25) is 0 Å². The summed E-state index contributed by atoms with van der Waals surface area (Å²) in [5, 5.41) is 11.5. The number of pyridine rings is 1. The number of anilines is 1. The number of halogens is 2. The van der Waals surface area contributed by atoms with Crippen LogP contribution in [-0.4, -0.2) is 17.1 Å². The zero-order chi connectivity index (χ0) is 13.0. The minimum absolute atomic E-state index is 0.0172. The Hall–Kier alpha value is -1.38. The van der Waals surface area contributed by atoms with Gasteiger partial charge < -0.3 is 11.1 Å². The summed E-state index contributed by atoms with van der Waals surface area (Å²) in [5.74, 6) is -0.580. The van der Waals surface area contributed by atoms with E-state index in [9.17, 15) is 4.39 Å². The Bertz CT molecular complexity index is 442. The lowest BCUT2D eigenvalue weighted by molar-refractivity contribution is 0.564. The molecule has 1 aromatic heterocycles. The third-order valence-corrected chi connectivity index (χ3v) is 2.73. The molecular weight excluding hydrogens is 243 g/mol. The summed E-state index contributed by atoms with van der Waals surface area (Å²) < 4.78 is 13.6. The van der Waals surface area contributed by atoms with Gasteiger partial charge in [-0.1, -0.05) is 18.5 Å². The van der Waals surface area contributed by atoms with E-state index < -0.39 is 5.82 Å². The summed E-state index contributed by atoms with van der Waals surface area (Å²) in [6.45, 7) is 3.76. The fraction of sp³-hybridized carbons (Fsp3) is 0.455. The molecule has 92 valence electrons. The summed E-state index contributed by atoms with van der Waals surface area (Å²) in [5.41, 5.74) is 5.76. The van der Waals surface area contributed by atoms with E-state index >= 15 is 0 Å². The predicted octanol–water partition coefficient (Wildman–Crippen LogP) is 2.28. The zero-order valence-corrected chi connectivity index (χ0v) is 10.4. The highest BCUT2D eigenvalue weighted by molar-refractivity contribution is 6.30. The molecule has 0 unspecified atom stereocenters. The van der Waals surface area contributed by atoms with Crippen LogP contribution in [-0.2, 0) is 0 Å². The van der Waals surface area contributed by atoms with E-state index in [-0.39, 0.29) is 28.6 Å². The maximum absolute atomic E-state index is 13.6. The summed E-state index contributed by atoms with van der Waals surface area (Å²) in [7, 11) is 0. The van der Waals surface area contributed by atoms with Crippen molar-refractivity contribution in [2.45, 2.75) is 32.4 Å². The average Bonchev–Trinajstić information content (AvgIpc) is 2.29. The molecule has 0 aliphatic carbocycles. The Labute approximate surface area is 105 Å². The van der Waals surface area contributed by atoms with E-state index in [0.717, 1.165) is 12.5 Å². The van der Waals surface area contributed by atoms with E-state index in [4.69, 9.17) is 22.6 Å². The number of nitrogens with two attached hydrogens (primary N) is 1. The van der Waals surface area contributed by atoms with Crippen molar-refractivity contribution in [2.75, 3.05) is 5.32 Å². The van der Waals surface area contributed by atoms with Gasteiger partial charge in [0.25, 0.3) is 0 Å². The Morgan fingerprint density at radius 2 is 2.35 bits per heavy atom. The number of nitrogens with zero attached hydrogens (tertiary/aromatic N) is 2. The van der Waals surface area contributed by atoms with Gasteiger partial charge in [-0.3, -0.25) is 0 Å². The van der Waals surface area contributed by atoms with Crippen molar-refractivity contribution in [1.29, 1.82) is 5.26 Å². The van der Waals surface area contributed by atoms with Crippen LogP contribution in [0.4, 0.5) is 10.2 Å². The minimum atomic E-state index is -0.606. The molecule has 0 bridgehead atoms. The third kappa shape index (κ3) is 3.29. The van der Waals surface area contributed by atoms with Crippen LogP contribution in [0.3, 0.4) is 0 Å². The molecule has 0 radical (unpaired) electrons. The van der Waals surface area contributed by atoms with Crippen LogP contribution in [0.15, 0.2) is 6.07 Å². The topological polar surface area (TPSA) is 74.7 Å². The first kappa shape index (κ1) is 13.7. The van der Waals surface area contributed by atoms with Crippen LogP contribution < -0.4 is 11.1 Å². The second kappa shape index (κ2) is 5.80. The molecule has 0 amide bonds. The van der Waals surface area contributed by atoms with E-state index in [1.807, 2.05) is 13.8 Å². The van der Waals surface area contributed by atoms with Crippen molar-refractivity contribution in [3.63, 3.8) is 0 Å². The lowest BCUT2D eigenvalue weighted by atomic mass is 10.1. The van der Waals surface area contributed by atoms with Gasteiger partial charge in [0, 0.05) is 12.1 Å². The van der Waals surface area contributed by atoms with Crippen molar-refractivity contribution in [3.05, 3.63) is 22.6 Å². The van der Waals surface area contributed by atoms with E-state index in [0.29, 0.717) is 0 Å².